The fraction of sp³-hybridized carbons (Fsp3) is 0.889. The van der Waals surface area contributed by atoms with Gasteiger partial charge in [0.05, 0.1) is 0 Å². The van der Waals surface area contributed by atoms with Crippen LogP contribution in [0.2, 0.25) is 0 Å². The van der Waals surface area contributed by atoms with E-state index in [2.05, 4.69) is 26.5 Å². The van der Waals surface area contributed by atoms with Crippen LogP contribution in [0.1, 0.15) is 13.8 Å². The number of rotatable bonds is 3. The maximum absolute atomic E-state index is 11.5. The van der Waals surface area contributed by atoms with E-state index in [-0.39, 0.29) is 11.4 Å². The van der Waals surface area contributed by atoms with E-state index in [0.29, 0.717) is 0 Å². The van der Waals surface area contributed by atoms with Crippen molar-refractivity contribution >= 4 is 18.7 Å². The lowest BCUT2D eigenvalue weighted by atomic mass is 9.96. The van der Waals surface area contributed by atoms with Gasteiger partial charge in [0.25, 0.3) is 0 Å². The minimum atomic E-state index is 0.115. The molecule has 3 nitrogen and oxygen atoms in total. The summed E-state index contributed by atoms with van der Waals surface area (Å²) in [5, 5.41) is 0. The number of hydrogen-bond acceptors (Lipinski definition) is 2. The summed E-state index contributed by atoms with van der Waals surface area (Å²) in [4.78, 5) is 15.2. The second kappa shape index (κ2) is 3.78. The summed E-state index contributed by atoms with van der Waals surface area (Å²) in [5.41, 5.74) is 0.115. The van der Waals surface area contributed by atoms with Gasteiger partial charge in [-0.3, -0.25) is 0 Å². The van der Waals surface area contributed by atoms with Gasteiger partial charge in [-0.2, -0.15) is 12.6 Å². The molecule has 1 saturated heterocycles. The summed E-state index contributed by atoms with van der Waals surface area (Å²) in [6.45, 7) is 6.77. The van der Waals surface area contributed by atoms with E-state index in [1.807, 2.05) is 11.9 Å². The zero-order valence-corrected chi connectivity index (χ0v) is 9.47. The summed E-state index contributed by atoms with van der Waals surface area (Å²) in [5.74, 6) is 0.806. The van der Waals surface area contributed by atoms with Gasteiger partial charge >= 0.3 is 6.03 Å². The molecule has 0 aliphatic carbocycles. The van der Waals surface area contributed by atoms with Crippen molar-refractivity contribution in [2.75, 3.05) is 32.4 Å². The third-order valence-corrected chi connectivity index (χ3v) is 3.21. The number of likely N-dealkylation sites (N-methyl/N-ethyl adjacent to an activating group) is 1. The molecule has 0 bridgehead atoms. The third-order valence-electron chi connectivity index (χ3n) is 2.35. The molecule has 1 fully saturated rings. The number of carbonyl (C=O) groups is 1. The van der Waals surface area contributed by atoms with Gasteiger partial charge in [0.1, 0.15) is 0 Å². The number of nitrogens with zero attached hydrogens (tertiary/aromatic N) is 2. The van der Waals surface area contributed by atoms with Crippen LogP contribution in [-0.4, -0.2) is 48.3 Å². The predicted molar refractivity (Wildman–Crippen MR) is 57.2 cm³/mol. The molecular formula is C9H18N2OS. The molecule has 0 aromatic rings. The SMILES string of the molecule is CN1CCN(CC(C)(C)CS)C1=O. The Morgan fingerprint density at radius 2 is 2.08 bits per heavy atom. The molecule has 1 aliphatic heterocycles. The molecule has 0 aromatic carbocycles. The zero-order chi connectivity index (χ0) is 10.1. The predicted octanol–water partition coefficient (Wildman–Crippen LogP) is 1.31. The Morgan fingerprint density at radius 1 is 1.46 bits per heavy atom. The topological polar surface area (TPSA) is 23.6 Å². The highest BCUT2D eigenvalue weighted by Crippen LogP contribution is 2.20. The van der Waals surface area contributed by atoms with Crippen LogP contribution < -0.4 is 0 Å². The van der Waals surface area contributed by atoms with Crippen molar-refractivity contribution in [2.24, 2.45) is 5.41 Å². The van der Waals surface area contributed by atoms with Crippen molar-refractivity contribution in [3.8, 4) is 0 Å². The molecular weight excluding hydrogens is 184 g/mol. The highest BCUT2D eigenvalue weighted by molar-refractivity contribution is 7.80. The van der Waals surface area contributed by atoms with Crippen LogP contribution >= 0.6 is 12.6 Å². The molecule has 0 aromatic heterocycles. The second-order valence-electron chi connectivity index (χ2n) is 4.45. The molecule has 1 aliphatic rings. The van der Waals surface area contributed by atoms with Crippen molar-refractivity contribution in [3.05, 3.63) is 0 Å². The first-order valence-electron chi connectivity index (χ1n) is 4.57. The first-order valence-corrected chi connectivity index (χ1v) is 5.20. The molecule has 0 atom stereocenters. The van der Waals surface area contributed by atoms with E-state index < -0.39 is 0 Å². The fourth-order valence-electron chi connectivity index (χ4n) is 1.42. The van der Waals surface area contributed by atoms with Gasteiger partial charge in [-0.1, -0.05) is 13.8 Å². The van der Waals surface area contributed by atoms with Crippen LogP contribution in [0.3, 0.4) is 0 Å². The standard InChI is InChI=1S/C9H18N2OS/c1-9(2,7-13)6-11-5-4-10(3)8(11)12/h13H,4-7H2,1-3H3. The minimum absolute atomic E-state index is 0.115. The largest absolute Gasteiger partial charge is 0.326 e. The maximum atomic E-state index is 11.5. The van der Waals surface area contributed by atoms with Crippen LogP contribution in [0.5, 0.6) is 0 Å². The number of urea groups is 1. The van der Waals surface area contributed by atoms with Gasteiger partial charge in [0, 0.05) is 26.7 Å². The Labute approximate surface area is 85.5 Å². The Kier molecular flexibility index (Phi) is 3.11. The van der Waals surface area contributed by atoms with E-state index in [4.69, 9.17) is 0 Å². The normalized spacial score (nSPS) is 18.6. The van der Waals surface area contributed by atoms with Gasteiger partial charge in [-0.15, -0.1) is 0 Å². The van der Waals surface area contributed by atoms with Gasteiger partial charge in [0.15, 0.2) is 0 Å². The van der Waals surface area contributed by atoms with E-state index in [1.54, 1.807) is 4.90 Å². The molecule has 0 unspecified atom stereocenters. The van der Waals surface area contributed by atoms with Crippen molar-refractivity contribution in [1.29, 1.82) is 0 Å². The smallest absolute Gasteiger partial charge is 0.319 e. The van der Waals surface area contributed by atoms with Crippen LogP contribution in [0.4, 0.5) is 4.79 Å². The lowest BCUT2D eigenvalue weighted by Gasteiger charge is -2.28. The van der Waals surface area contributed by atoms with Gasteiger partial charge < -0.3 is 9.80 Å². The highest BCUT2D eigenvalue weighted by atomic mass is 32.1. The second-order valence-corrected chi connectivity index (χ2v) is 4.76. The van der Waals surface area contributed by atoms with E-state index in [1.165, 1.54) is 0 Å². The molecule has 4 heteroatoms. The first kappa shape index (κ1) is 10.7. The Morgan fingerprint density at radius 3 is 2.46 bits per heavy atom. The summed E-state index contributed by atoms with van der Waals surface area (Å²) in [6, 6.07) is 0.148. The molecule has 0 radical (unpaired) electrons. The summed E-state index contributed by atoms with van der Waals surface area (Å²) < 4.78 is 0. The zero-order valence-electron chi connectivity index (χ0n) is 8.58. The molecule has 0 N–H and O–H groups in total. The van der Waals surface area contributed by atoms with Crippen molar-refractivity contribution in [1.82, 2.24) is 9.80 Å². The van der Waals surface area contributed by atoms with E-state index in [9.17, 15) is 4.79 Å². The van der Waals surface area contributed by atoms with E-state index >= 15 is 0 Å². The van der Waals surface area contributed by atoms with Crippen LogP contribution in [-0.2, 0) is 0 Å². The lowest BCUT2D eigenvalue weighted by molar-refractivity contribution is 0.182. The van der Waals surface area contributed by atoms with Crippen molar-refractivity contribution in [3.63, 3.8) is 0 Å². The third kappa shape index (κ3) is 2.53. The molecule has 13 heavy (non-hydrogen) atoms. The monoisotopic (exact) mass is 202 g/mol. The Hall–Kier alpha value is -0.380. The van der Waals surface area contributed by atoms with E-state index in [0.717, 1.165) is 25.4 Å². The molecule has 1 heterocycles. The van der Waals surface area contributed by atoms with Gasteiger partial charge in [-0.05, 0) is 11.2 Å². The molecule has 2 amide bonds. The molecule has 0 spiro atoms. The maximum Gasteiger partial charge on any atom is 0.319 e. The van der Waals surface area contributed by atoms with Gasteiger partial charge in [0.2, 0.25) is 0 Å². The fourth-order valence-corrected chi connectivity index (χ4v) is 1.52. The van der Waals surface area contributed by atoms with Crippen molar-refractivity contribution in [2.45, 2.75) is 13.8 Å². The van der Waals surface area contributed by atoms with Crippen molar-refractivity contribution < 1.29 is 4.79 Å². The minimum Gasteiger partial charge on any atom is -0.326 e. The number of carbonyl (C=O) groups excluding carboxylic acids is 1. The number of amides is 2. The quantitative estimate of drug-likeness (QED) is 0.685. The lowest BCUT2D eigenvalue weighted by Crippen LogP contribution is -2.37. The van der Waals surface area contributed by atoms with Gasteiger partial charge in [-0.25, -0.2) is 4.79 Å². The Bertz CT molecular complexity index is 206. The number of thiol groups is 1. The average molecular weight is 202 g/mol. The van der Waals surface area contributed by atoms with Crippen LogP contribution in [0.15, 0.2) is 0 Å². The molecule has 0 saturated carbocycles. The summed E-state index contributed by atoms with van der Waals surface area (Å²) in [7, 11) is 1.84. The number of hydrogen-bond donors (Lipinski definition) is 1. The Balaban J connectivity index is 2.51. The van der Waals surface area contributed by atoms with Crippen LogP contribution in [0.25, 0.3) is 0 Å². The average Bonchev–Trinajstić information content (AvgIpc) is 2.36. The molecule has 76 valence electrons. The molecule has 1 rings (SSSR count). The van der Waals surface area contributed by atoms with Crippen LogP contribution in [0, 0.1) is 5.41 Å². The summed E-state index contributed by atoms with van der Waals surface area (Å²) in [6.07, 6.45) is 0. The highest BCUT2D eigenvalue weighted by Gasteiger charge is 2.29. The summed E-state index contributed by atoms with van der Waals surface area (Å²) >= 11 is 4.27. The first-order chi connectivity index (χ1) is 5.96.